The van der Waals surface area contributed by atoms with Gasteiger partial charge in [-0.1, -0.05) is 0 Å². The van der Waals surface area contributed by atoms with Crippen molar-refractivity contribution in [1.29, 1.82) is 0 Å². The molecule has 5 heteroatoms. The summed E-state index contributed by atoms with van der Waals surface area (Å²) in [6.45, 7) is 1.71. The molecular weight excluding hydrogens is 288 g/mol. The van der Waals surface area contributed by atoms with E-state index in [2.05, 4.69) is 16.8 Å². The fourth-order valence-corrected chi connectivity index (χ4v) is 2.83. The summed E-state index contributed by atoms with van der Waals surface area (Å²) >= 11 is 5.78. The van der Waals surface area contributed by atoms with Crippen LogP contribution < -0.4 is 10.6 Å². The normalized spacial score (nSPS) is 20.1. The van der Waals surface area contributed by atoms with Crippen LogP contribution in [0, 0.1) is 0 Å². The molecule has 0 spiro atoms. The van der Waals surface area contributed by atoms with Gasteiger partial charge in [-0.05, 0) is 66.4 Å². The molecular formula is C16H19ClN2O2. The van der Waals surface area contributed by atoms with Crippen LogP contribution >= 0.6 is 11.6 Å². The number of phenolic OH excluding ortho intramolecular Hbond substituents is 1. The van der Waals surface area contributed by atoms with E-state index in [9.17, 15) is 5.11 Å². The molecule has 0 aromatic heterocycles. The van der Waals surface area contributed by atoms with Crippen molar-refractivity contribution >= 4 is 17.3 Å². The van der Waals surface area contributed by atoms with Gasteiger partial charge in [0.05, 0.1) is 0 Å². The SMILES string of the molecule is Oc1ccc2c(c1)CC(CCNCC1CC=C(Cl)O1)=CN2. The van der Waals surface area contributed by atoms with E-state index in [1.165, 1.54) is 5.57 Å². The number of hydrogen-bond donors (Lipinski definition) is 3. The highest BCUT2D eigenvalue weighted by Crippen LogP contribution is 2.28. The molecule has 2 heterocycles. The first-order valence-electron chi connectivity index (χ1n) is 7.20. The average molecular weight is 307 g/mol. The van der Waals surface area contributed by atoms with Crippen molar-refractivity contribution in [2.45, 2.75) is 25.4 Å². The molecule has 0 amide bonds. The fourth-order valence-electron chi connectivity index (χ4n) is 2.62. The maximum Gasteiger partial charge on any atom is 0.183 e. The molecule has 0 radical (unpaired) electrons. The van der Waals surface area contributed by atoms with Gasteiger partial charge >= 0.3 is 0 Å². The summed E-state index contributed by atoms with van der Waals surface area (Å²) in [5.74, 6) is 0.317. The average Bonchev–Trinajstić information content (AvgIpc) is 2.89. The van der Waals surface area contributed by atoms with Gasteiger partial charge in [0.2, 0.25) is 0 Å². The summed E-state index contributed by atoms with van der Waals surface area (Å²) in [6.07, 6.45) is 6.86. The highest BCUT2D eigenvalue weighted by Gasteiger charge is 2.16. The number of nitrogens with one attached hydrogen (secondary N) is 2. The first-order chi connectivity index (χ1) is 10.2. The predicted octanol–water partition coefficient (Wildman–Crippen LogP) is 3.09. The van der Waals surface area contributed by atoms with Crippen LogP contribution in [0.25, 0.3) is 0 Å². The minimum atomic E-state index is 0.161. The monoisotopic (exact) mass is 306 g/mol. The van der Waals surface area contributed by atoms with Crippen LogP contribution in [0.15, 0.2) is 41.3 Å². The van der Waals surface area contributed by atoms with Crippen LogP contribution in [0.5, 0.6) is 5.75 Å². The summed E-state index contributed by atoms with van der Waals surface area (Å²) in [4.78, 5) is 0. The van der Waals surface area contributed by atoms with Gasteiger partial charge in [-0.3, -0.25) is 0 Å². The largest absolute Gasteiger partial charge is 0.508 e. The second-order valence-electron chi connectivity index (χ2n) is 5.40. The van der Waals surface area contributed by atoms with Crippen LogP contribution in [0.2, 0.25) is 0 Å². The molecule has 112 valence electrons. The lowest BCUT2D eigenvalue weighted by Gasteiger charge is -2.19. The molecule has 0 bridgehead atoms. The van der Waals surface area contributed by atoms with E-state index in [0.717, 1.165) is 43.6 Å². The maximum absolute atomic E-state index is 9.54. The first kappa shape index (κ1) is 14.3. The smallest absolute Gasteiger partial charge is 0.183 e. The second kappa shape index (κ2) is 6.41. The van der Waals surface area contributed by atoms with Crippen molar-refractivity contribution in [1.82, 2.24) is 5.32 Å². The number of fused-ring (bicyclic) bond motifs is 1. The Morgan fingerprint density at radius 2 is 2.33 bits per heavy atom. The van der Waals surface area contributed by atoms with Crippen LogP contribution in [0.4, 0.5) is 5.69 Å². The van der Waals surface area contributed by atoms with E-state index in [4.69, 9.17) is 16.3 Å². The molecule has 0 aliphatic carbocycles. The zero-order valence-corrected chi connectivity index (χ0v) is 12.5. The van der Waals surface area contributed by atoms with Crippen molar-refractivity contribution in [3.63, 3.8) is 0 Å². The zero-order valence-electron chi connectivity index (χ0n) is 11.7. The Labute approximate surface area is 129 Å². The minimum Gasteiger partial charge on any atom is -0.508 e. The van der Waals surface area contributed by atoms with Gasteiger partial charge in [0.15, 0.2) is 5.22 Å². The molecule has 1 unspecified atom stereocenters. The molecule has 21 heavy (non-hydrogen) atoms. The lowest BCUT2D eigenvalue weighted by atomic mass is 9.98. The van der Waals surface area contributed by atoms with E-state index in [1.54, 1.807) is 6.07 Å². The molecule has 4 nitrogen and oxygen atoms in total. The van der Waals surface area contributed by atoms with Gasteiger partial charge in [0.1, 0.15) is 11.9 Å². The first-order valence-corrected chi connectivity index (χ1v) is 7.58. The van der Waals surface area contributed by atoms with E-state index in [1.807, 2.05) is 18.2 Å². The quantitative estimate of drug-likeness (QED) is 0.578. The number of hydrogen-bond acceptors (Lipinski definition) is 4. The number of aromatic hydroxyl groups is 1. The van der Waals surface area contributed by atoms with Crippen LogP contribution in [0.3, 0.4) is 0 Å². The predicted molar refractivity (Wildman–Crippen MR) is 84.4 cm³/mol. The van der Waals surface area contributed by atoms with Crippen molar-refractivity contribution in [3.05, 3.63) is 46.8 Å². The fraction of sp³-hybridized carbons (Fsp3) is 0.375. The van der Waals surface area contributed by atoms with Gasteiger partial charge < -0.3 is 20.5 Å². The van der Waals surface area contributed by atoms with Gasteiger partial charge in [-0.15, -0.1) is 0 Å². The molecule has 1 atom stereocenters. The summed E-state index contributed by atoms with van der Waals surface area (Å²) < 4.78 is 5.42. The van der Waals surface area contributed by atoms with Crippen molar-refractivity contribution in [2.24, 2.45) is 0 Å². The topological polar surface area (TPSA) is 53.5 Å². The van der Waals surface area contributed by atoms with E-state index in [0.29, 0.717) is 11.0 Å². The number of phenols is 1. The Morgan fingerprint density at radius 3 is 3.14 bits per heavy atom. The number of ether oxygens (including phenoxy) is 1. The number of halogens is 1. The number of benzene rings is 1. The molecule has 2 aliphatic rings. The van der Waals surface area contributed by atoms with Crippen LogP contribution in [0.1, 0.15) is 18.4 Å². The molecule has 3 rings (SSSR count). The van der Waals surface area contributed by atoms with Gasteiger partial charge in [-0.25, -0.2) is 0 Å². The molecule has 1 aromatic carbocycles. The standard InChI is InChI=1S/C16H19ClN2O2/c17-16-4-2-14(21-16)10-18-6-5-11-7-12-8-13(20)1-3-15(12)19-9-11/h1,3-4,8-9,14,18-20H,2,5-7,10H2. The Balaban J connectivity index is 1.42. The zero-order chi connectivity index (χ0) is 14.7. The van der Waals surface area contributed by atoms with Crippen molar-refractivity contribution in [2.75, 3.05) is 18.4 Å². The summed E-state index contributed by atoms with van der Waals surface area (Å²) in [7, 11) is 0. The third-order valence-electron chi connectivity index (χ3n) is 3.75. The Hall–Kier alpha value is -1.65. The number of rotatable bonds is 5. The Morgan fingerprint density at radius 1 is 1.43 bits per heavy atom. The van der Waals surface area contributed by atoms with Crippen molar-refractivity contribution < 1.29 is 9.84 Å². The minimum absolute atomic E-state index is 0.161. The lowest BCUT2D eigenvalue weighted by molar-refractivity contribution is 0.158. The van der Waals surface area contributed by atoms with Crippen LogP contribution in [-0.2, 0) is 11.2 Å². The summed E-state index contributed by atoms with van der Waals surface area (Å²) in [5, 5.41) is 16.7. The molecule has 2 aliphatic heterocycles. The van der Waals surface area contributed by atoms with Gasteiger partial charge in [0.25, 0.3) is 0 Å². The molecule has 0 fully saturated rings. The maximum atomic E-state index is 9.54. The molecule has 0 saturated carbocycles. The second-order valence-corrected chi connectivity index (χ2v) is 5.78. The summed E-state index contributed by atoms with van der Waals surface area (Å²) in [5.41, 5.74) is 3.54. The Bertz CT molecular complexity index is 584. The Kier molecular flexibility index (Phi) is 4.36. The highest BCUT2D eigenvalue weighted by atomic mass is 35.5. The molecule has 0 saturated heterocycles. The van der Waals surface area contributed by atoms with Crippen LogP contribution in [-0.4, -0.2) is 24.3 Å². The molecule has 1 aromatic rings. The summed E-state index contributed by atoms with van der Waals surface area (Å²) in [6, 6.07) is 5.43. The third kappa shape index (κ3) is 3.71. The third-order valence-corrected chi connectivity index (χ3v) is 4.00. The van der Waals surface area contributed by atoms with E-state index in [-0.39, 0.29) is 6.10 Å². The lowest BCUT2D eigenvalue weighted by Crippen LogP contribution is -2.27. The highest BCUT2D eigenvalue weighted by molar-refractivity contribution is 6.28. The van der Waals surface area contributed by atoms with Crippen molar-refractivity contribution in [3.8, 4) is 5.75 Å². The molecule has 3 N–H and O–H groups in total. The van der Waals surface area contributed by atoms with Gasteiger partial charge in [0, 0.05) is 24.9 Å². The van der Waals surface area contributed by atoms with Gasteiger partial charge in [-0.2, -0.15) is 0 Å². The number of anilines is 1. The van der Waals surface area contributed by atoms with E-state index < -0.39 is 0 Å². The van der Waals surface area contributed by atoms with E-state index >= 15 is 0 Å².